The van der Waals surface area contributed by atoms with Gasteiger partial charge in [-0.05, 0) is 47.2 Å². The summed E-state index contributed by atoms with van der Waals surface area (Å²) in [6.45, 7) is 0. The van der Waals surface area contributed by atoms with Gasteiger partial charge in [0.05, 0.1) is 0 Å². The number of carbonyl (C=O) groups excluding carboxylic acids is 1. The highest BCUT2D eigenvalue weighted by molar-refractivity contribution is 6.12. The molecule has 0 saturated heterocycles. The van der Waals surface area contributed by atoms with Gasteiger partial charge in [-0.3, -0.25) is 4.79 Å². The predicted octanol–water partition coefficient (Wildman–Crippen LogP) is 4.81. The van der Waals surface area contributed by atoms with Crippen molar-refractivity contribution in [2.24, 2.45) is 0 Å². The van der Waals surface area contributed by atoms with Crippen LogP contribution in [0.2, 0.25) is 0 Å². The zero-order chi connectivity index (χ0) is 21.0. The number of anilines is 3. The summed E-state index contributed by atoms with van der Waals surface area (Å²) in [7, 11) is 0. The molecule has 1 amide bonds. The fourth-order valence-corrected chi connectivity index (χ4v) is 3.35. The first-order chi connectivity index (χ1) is 15.3. The zero-order valence-electron chi connectivity index (χ0n) is 16.4. The molecule has 7 heteroatoms. The van der Waals surface area contributed by atoms with Crippen LogP contribution in [-0.2, 0) is 0 Å². The molecular weight excluding hydrogens is 388 g/mol. The predicted molar refractivity (Wildman–Crippen MR) is 121 cm³/mol. The fourth-order valence-electron chi connectivity index (χ4n) is 3.35. The number of hydrogen-bond acceptors (Lipinski definition) is 5. The van der Waals surface area contributed by atoms with E-state index in [1.165, 1.54) is 6.33 Å². The molecule has 0 atom stereocenters. The first-order valence-electron chi connectivity index (χ1n) is 9.74. The maximum Gasteiger partial charge on any atom is 0.256 e. The minimum absolute atomic E-state index is 0.142. The van der Waals surface area contributed by atoms with Crippen LogP contribution in [0, 0.1) is 0 Å². The molecule has 0 radical (unpaired) electrons. The largest absolute Gasteiger partial charge is 0.340 e. The molecule has 150 valence electrons. The maximum absolute atomic E-state index is 12.8. The zero-order valence-corrected chi connectivity index (χ0v) is 16.4. The molecule has 0 bridgehead atoms. The van der Waals surface area contributed by atoms with E-state index in [1.807, 2.05) is 85.1 Å². The third-order valence-corrected chi connectivity index (χ3v) is 4.84. The van der Waals surface area contributed by atoms with E-state index in [9.17, 15) is 4.79 Å². The molecule has 5 rings (SSSR count). The molecule has 2 heterocycles. The average molecular weight is 406 g/mol. The van der Waals surface area contributed by atoms with Crippen LogP contribution in [-0.4, -0.2) is 25.7 Å². The Balaban J connectivity index is 1.30. The first-order valence-corrected chi connectivity index (χ1v) is 9.74. The second kappa shape index (κ2) is 8.08. The van der Waals surface area contributed by atoms with Crippen molar-refractivity contribution < 1.29 is 4.79 Å². The van der Waals surface area contributed by atoms with E-state index in [0.717, 1.165) is 16.5 Å². The van der Waals surface area contributed by atoms with Crippen molar-refractivity contribution in [2.75, 3.05) is 10.6 Å². The van der Waals surface area contributed by atoms with Gasteiger partial charge in [0.2, 0.25) is 0 Å². The van der Waals surface area contributed by atoms with Crippen LogP contribution in [0.4, 0.5) is 17.2 Å². The Kier molecular flexibility index (Phi) is 4.82. The molecule has 2 N–H and O–H groups in total. The number of benzene rings is 3. The van der Waals surface area contributed by atoms with Crippen LogP contribution in [0.3, 0.4) is 0 Å². The quantitative estimate of drug-likeness (QED) is 0.437. The normalized spacial score (nSPS) is 10.7. The van der Waals surface area contributed by atoms with Crippen LogP contribution in [0.1, 0.15) is 10.4 Å². The van der Waals surface area contributed by atoms with Gasteiger partial charge in [0.15, 0.2) is 5.82 Å². The molecule has 0 fully saturated rings. The molecule has 0 spiro atoms. The second-order valence-electron chi connectivity index (χ2n) is 6.90. The summed E-state index contributed by atoms with van der Waals surface area (Å²) in [5.41, 5.74) is 2.20. The van der Waals surface area contributed by atoms with Crippen LogP contribution < -0.4 is 10.6 Å². The van der Waals surface area contributed by atoms with Crippen LogP contribution in [0.5, 0.6) is 0 Å². The molecule has 2 aromatic heterocycles. The van der Waals surface area contributed by atoms with Gasteiger partial charge in [0, 0.05) is 35.4 Å². The number of aromatic nitrogens is 4. The average Bonchev–Trinajstić information content (AvgIpc) is 3.35. The number of fused-ring (bicyclic) bond motifs is 1. The molecule has 7 nitrogen and oxygen atoms in total. The Labute approximate surface area is 178 Å². The lowest BCUT2D eigenvalue weighted by Gasteiger charge is -2.10. The molecule has 5 aromatic rings. The second-order valence-corrected chi connectivity index (χ2v) is 6.90. The number of nitrogens with zero attached hydrogens (tertiary/aromatic N) is 4. The molecule has 31 heavy (non-hydrogen) atoms. The highest BCUT2D eigenvalue weighted by atomic mass is 16.1. The van der Waals surface area contributed by atoms with Crippen molar-refractivity contribution in [3.05, 3.63) is 103 Å². The summed E-state index contributed by atoms with van der Waals surface area (Å²) < 4.78 is 1.67. The van der Waals surface area contributed by atoms with Gasteiger partial charge in [-0.1, -0.05) is 36.4 Å². The molecule has 0 unspecified atom stereocenters. The summed E-state index contributed by atoms with van der Waals surface area (Å²) in [4.78, 5) is 21.3. The summed E-state index contributed by atoms with van der Waals surface area (Å²) in [5.74, 6) is 1.17. The maximum atomic E-state index is 12.8. The van der Waals surface area contributed by atoms with Crippen LogP contribution in [0.15, 0.2) is 97.6 Å². The molecule has 0 saturated carbocycles. The minimum Gasteiger partial charge on any atom is -0.340 e. The molecule has 3 aromatic carbocycles. The van der Waals surface area contributed by atoms with Crippen molar-refractivity contribution in [1.29, 1.82) is 0 Å². The van der Waals surface area contributed by atoms with E-state index in [4.69, 9.17) is 0 Å². The molecule has 0 aliphatic rings. The number of nitrogens with one attached hydrogen (secondary N) is 2. The molecular formula is C24H18N6O. The Morgan fingerprint density at radius 1 is 0.839 bits per heavy atom. The van der Waals surface area contributed by atoms with E-state index >= 15 is 0 Å². The third-order valence-electron chi connectivity index (χ3n) is 4.84. The lowest BCUT2D eigenvalue weighted by atomic mass is 10.0. The van der Waals surface area contributed by atoms with Gasteiger partial charge in [-0.15, -0.1) is 0 Å². The third kappa shape index (κ3) is 3.97. The summed E-state index contributed by atoms with van der Waals surface area (Å²) in [6, 6.07) is 24.7. The van der Waals surface area contributed by atoms with Crippen LogP contribution in [0.25, 0.3) is 16.6 Å². The highest BCUT2D eigenvalue weighted by Gasteiger charge is 2.10. The smallest absolute Gasteiger partial charge is 0.256 e. The standard InChI is InChI=1S/C24H18N6O/c31-24(21-8-3-6-17-5-1-2-7-20(17)21)29-19-11-9-18(10-12-19)28-22-15-23(26-16-25-22)30-14-4-13-27-30/h1-16H,(H,29,31)(H,25,26,28). The molecule has 0 aliphatic heterocycles. The van der Waals surface area contributed by atoms with Crippen molar-refractivity contribution in [2.45, 2.75) is 0 Å². The number of hydrogen-bond donors (Lipinski definition) is 2. The highest BCUT2D eigenvalue weighted by Crippen LogP contribution is 2.22. The van der Waals surface area contributed by atoms with E-state index in [-0.39, 0.29) is 5.91 Å². The Bertz CT molecular complexity index is 1340. The number of carbonyl (C=O) groups is 1. The fraction of sp³-hybridized carbons (Fsp3) is 0. The van der Waals surface area contributed by atoms with E-state index < -0.39 is 0 Å². The van der Waals surface area contributed by atoms with Crippen molar-refractivity contribution in [3.8, 4) is 5.82 Å². The number of amides is 1. The lowest BCUT2D eigenvalue weighted by molar-refractivity contribution is 0.102. The Morgan fingerprint density at radius 2 is 1.65 bits per heavy atom. The van der Waals surface area contributed by atoms with Gasteiger partial charge >= 0.3 is 0 Å². The van der Waals surface area contributed by atoms with Crippen LogP contribution >= 0.6 is 0 Å². The van der Waals surface area contributed by atoms with Gasteiger partial charge in [0.25, 0.3) is 5.91 Å². The van der Waals surface area contributed by atoms with E-state index in [1.54, 1.807) is 10.9 Å². The SMILES string of the molecule is O=C(Nc1ccc(Nc2cc(-n3cccn3)ncn2)cc1)c1cccc2ccccc12. The minimum atomic E-state index is -0.142. The van der Waals surface area contributed by atoms with Crippen molar-refractivity contribution in [3.63, 3.8) is 0 Å². The number of rotatable bonds is 5. The monoisotopic (exact) mass is 406 g/mol. The van der Waals surface area contributed by atoms with Gasteiger partial charge < -0.3 is 10.6 Å². The van der Waals surface area contributed by atoms with E-state index in [0.29, 0.717) is 22.9 Å². The van der Waals surface area contributed by atoms with Gasteiger partial charge in [-0.25, -0.2) is 14.6 Å². The Morgan fingerprint density at radius 3 is 2.48 bits per heavy atom. The first kappa shape index (κ1) is 18.5. The summed E-state index contributed by atoms with van der Waals surface area (Å²) in [5, 5.41) is 12.3. The summed E-state index contributed by atoms with van der Waals surface area (Å²) in [6.07, 6.45) is 5.00. The topological polar surface area (TPSA) is 84.7 Å². The van der Waals surface area contributed by atoms with E-state index in [2.05, 4.69) is 25.7 Å². The Hall–Kier alpha value is -4.52. The molecule has 0 aliphatic carbocycles. The van der Waals surface area contributed by atoms with Crippen molar-refractivity contribution in [1.82, 2.24) is 19.7 Å². The van der Waals surface area contributed by atoms with Gasteiger partial charge in [0.1, 0.15) is 12.1 Å². The lowest BCUT2D eigenvalue weighted by Crippen LogP contribution is -2.12. The van der Waals surface area contributed by atoms with Crippen molar-refractivity contribution >= 4 is 33.9 Å². The summed E-state index contributed by atoms with van der Waals surface area (Å²) >= 11 is 0. The van der Waals surface area contributed by atoms with Gasteiger partial charge in [-0.2, -0.15) is 5.10 Å².